The van der Waals surface area contributed by atoms with Gasteiger partial charge < -0.3 is 0 Å². The highest BCUT2D eigenvalue weighted by atomic mass is 35.5. The van der Waals surface area contributed by atoms with Crippen LogP contribution in [-0.2, 0) is 19.6 Å². The summed E-state index contributed by atoms with van der Waals surface area (Å²) >= 11 is 5.97. The average Bonchev–Trinajstić information content (AvgIpc) is 2.76. The second-order valence-electron chi connectivity index (χ2n) is 10.6. The molecule has 1 saturated heterocycles. The summed E-state index contributed by atoms with van der Waals surface area (Å²) in [4.78, 5) is 29.1. The van der Waals surface area contributed by atoms with Crippen LogP contribution in [0.25, 0.3) is 0 Å². The Morgan fingerprint density at radius 1 is 1.06 bits per heavy atom. The summed E-state index contributed by atoms with van der Waals surface area (Å²) in [5.74, 6) is 1.62. The van der Waals surface area contributed by atoms with Gasteiger partial charge in [0.15, 0.2) is 0 Å². The van der Waals surface area contributed by atoms with Crippen LogP contribution in [0.3, 0.4) is 0 Å². The lowest BCUT2D eigenvalue weighted by Gasteiger charge is -2.56. The second-order valence-corrected chi connectivity index (χ2v) is 12.9. The number of rotatable bonds is 5. The van der Waals surface area contributed by atoms with Gasteiger partial charge in [0.1, 0.15) is 10.0 Å². The molecule has 1 aromatic heterocycles. The summed E-state index contributed by atoms with van der Waals surface area (Å²) in [7, 11) is -3.76. The van der Waals surface area contributed by atoms with Gasteiger partial charge in [-0.3, -0.25) is 20.4 Å². The monoisotopic (exact) mass is 494 g/mol. The van der Waals surface area contributed by atoms with Crippen molar-refractivity contribution in [3.63, 3.8) is 0 Å². The first-order valence-corrected chi connectivity index (χ1v) is 13.8. The number of hydrogen-bond acceptors (Lipinski definition) is 5. The fourth-order valence-corrected chi connectivity index (χ4v) is 9.08. The predicted molar refractivity (Wildman–Crippen MR) is 122 cm³/mol. The number of carbonyl (C=O) groups is 2. The number of halogens is 1. The lowest BCUT2D eigenvalue weighted by atomic mass is 9.49. The molecule has 2 amide bonds. The minimum absolute atomic E-state index is 0.0218. The van der Waals surface area contributed by atoms with Crippen LogP contribution in [0, 0.1) is 29.1 Å². The molecule has 2 heterocycles. The molecule has 33 heavy (non-hydrogen) atoms. The molecular weight excluding hydrogens is 464 g/mol. The van der Waals surface area contributed by atoms with Crippen molar-refractivity contribution in [1.29, 1.82) is 0 Å². The Hall–Kier alpha value is -1.71. The van der Waals surface area contributed by atoms with Gasteiger partial charge in [-0.2, -0.15) is 4.31 Å². The molecule has 0 aromatic carbocycles. The molecule has 0 unspecified atom stereocenters. The molecule has 4 saturated carbocycles. The van der Waals surface area contributed by atoms with Crippen LogP contribution in [0.4, 0.5) is 0 Å². The van der Waals surface area contributed by atoms with Gasteiger partial charge in [0.25, 0.3) is 0 Å². The molecular formula is C23H31ClN4O4S. The Labute approximate surface area is 199 Å². The summed E-state index contributed by atoms with van der Waals surface area (Å²) in [6.45, 7) is 0.430. The lowest BCUT2D eigenvalue weighted by molar-refractivity contribution is -0.136. The molecule has 1 aromatic rings. The van der Waals surface area contributed by atoms with Crippen molar-refractivity contribution in [2.75, 3.05) is 13.1 Å². The maximum Gasteiger partial charge on any atom is 0.246 e. The van der Waals surface area contributed by atoms with E-state index >= 15 is 0 Å². The number of nitrogens with one attached hydrogen (secondary N) is 2. The number of sulfonamides is 1. The average molecular weight is 495 g/mol. The number of hydrogen-bond donors (Lipinski definition) is 2. The lowest BCUT2D eigenvalue weighted by Crippen LogP contribution is -2.51. The summed E-state index contributed by atoms with van der Waals surface area (Å²) in [6.07, 6.45) is 10.1. The zero-order valence-corrected chi connectivity index (χ0v) is 20.2. The van der Waals surface area contributed by atoms with E-state index in [1.165, 1.54) is 41.9 Å². The zero-order valence-electron chi connectivity index (χ0n) is 18.6. The van der Waals surface area contributed by atoms with E-state index in [2.05, 4.69) is 15.8 Å². The third-order valence-corrected chi connectivity index (χ3v) is 10.5. The van der Waals surface area contributed by atoms with Crippen molar-refractivity contribution in [2.45, 2.75) is 62.7 Å². The van der Waals surface area contributed by atoms with Gasteiger partial charge in [-0.15, -0.1) is 0 Å². The molecule has 0 spiro atoms. The zero-order chi connectivity index (χ0) is 23.2. The number of carbonyl (C=O) groups excluding carboxylic acids is 2. The van der Waals surface area contributed by atoms with E-state index in [1.807, 2.05) is 0 Å². The van der Waals surface area contributed by atoms with Crippen molar-refractivity contribution in [3.05, 3.63) is 23.5 Å². The molecule has 1 aliphatic heterocycles. The van der Waals surface area contributed by atoms with Crippen LogP contribution >= 0.6 is 11.6 Å². The van der Waals surface area contributed by atoms with E-state index in [0.717, 1.165) is 37.0 Å². The minimum Gasteiger partial charge on any atom is -0.273 e. The third kappa shape index (κ3) is 4.64. The topological polar surface area (TPSA) is 108 Å². The van der Waals surface area contributed by atoms with Gasteiger partial charge in [0.2, 0.25) is 21.8 Å². The molecule has 180 valence electrons. The first kappa shape index (κ1) is 23.1. The first-order valence-electron chi connectivity index (χ1n) is 11.9. The van der Waals surface area contributed by atoms with Gasteiger partial charge in [-0.1, -0.05) is 11.6 Å². The Kier molecular flexibility index (Phi) is 6.16. The van der Waals surface area contributed by atoms with E-state index in [4.69, 9.17) is 11.6 Å². The van der Waals surface area contributed by atoms with Crippen LogP contribution in [0.1, 0.15) is 57.8 Å². The Balaban J connectivity index is 1.10. The first-order chi connectivity index (χ1) is 15.7. The summed E-state index contributed by atoms with van der Waals surface area (Å²) in [6, 6.07) is 2.97. The van der Waals surface area contributed by atoms with Crippen LogP contribution in [0.15, 0.2) is 23.2 Å². The van der Waals surface area contributed by atoms with Crippen LogP contribution in [-0.4, -0.2) is 42.6 Å². The minimum atomic E-state index is -3.76. The third-order valence-electron chi connectivity index (χ3n) is 8.19. The fourth-order valence-electron chi connectivity index (χ4n) is 7.19. The summed E-state index contributed by atoms with van der Waals surface area (Å²) < 4.78 is 27.0. The second kappa shape index (κ2) is 8.82. The van der Waals surface area contributed by atoms with Crippen molar-refractivity contribution in [2.24, 2.45) is 29.1 Å². The Morgan fingerprint density at radius 3 is 2.24 bits per heavy atom. The molecule has 10 heteroatoms. The SMILES string of the molecule is O=C(CC12CC3CC(CC(C3)C1)C2)NNC(=O)C1CCN(S(=O)(=O)c2cccnc2Cl)CC1. The van der Waals surface area contributed by atoms with Gasteiger partial charge >= 0.3 is 0 Å². The molecule has 4 bridgehead atoms. The highest BCUT2D eigenvalue weighted by molar-refractivity contribution is 7.89. The smallest absolute Gasteiger partial charge is 0.246 e. The highest BCUT2D eigenvalue weighted by Crippen LogP contribution is 2.61. The Bertz CT molecular complexity index is 1000. The Morgan fingerprint density at radius 2 is 1.67 bits per heavy atom. The predicted octanol–water partition coefficient (Wildman–Crippen LogP) is 2.89. The van der Waals surface area contributed by atoms with Crippen molar-refractivity contribution >= 4 is 33.4 Å². The van der Waals surface area contributed by atoms with Gasteiger partial charge in [-0.05, 0) is 86.7 Å². The van der Waals surface area contributed by atoms with Crippen molar-refractivity contribution < 1.29 is 18.0 Å². The molecule has 4 aliphatic carbocycles. The van der Waals surface area contributed by atoms with E-state index < -0.39 is 10.0 Å². The van der Waals surface area contributed by atoms with E-state index in [1.54, 1.807) is 0 Å². The number of pyridine rings is 1. The van der Waals surface area contributed by atoms with Crippen molar-refractivity contribution in [1.82, 2.24) is 20.1 Å². The number of amides is 2. The molecule has 2 N–H and O–H groups in total. The van der Waals surface area contributed by atoms with Crippen LogP contribution < -0.4 is 10.9 Å². The molecule has 0 atom stereocenters. The number of aromatic nitrogens is 1. The van der Waals surface area contributed by atoms with Crippen LogP contribution in [0.2, 0.25) is 5.15 Å². The largest absolute Gasteiger partial charge is 0.273 e. The van der Waals surface area contributed by atoms with E-state index in [9.17, 15) is 18.0 Å². The fraction of sp³-hybridized carbons (Fsp3) is 0.696. The summed E-state index contributed by atoms with van der Waals surface area (Å²) in [5, 5.41) is -0.0564. The van der Waals surface area contributed by atoms with Gasteiger partial charge in [-0.25, -0.2) is 13.4 Å². The molecule has 6 rings (SSSR count). The van der Waals surface area contributed by atoms with Gasteiger partial charge in [0, 0.05) is 31.6 Å². The molecule has 8 nitrogen and oxygen atoms in total. The summed E-state index contributed by atoms with van der Waals surface area (Å²) in [5.41, 5.74) is 5.35. The van der Waals surface area contributed by atoms with E-state index in [0.29, 0.717) is 19.3 Å². The maximum atomic E-state index is 12.8. The van der Waals surface area contributed by atoms with Crippen molar-refractivity contribution in [3.8, 4) is 0 Å². The molecule has 5 aliphatic rings. The van der Waals surface area contributed by atoms with Gasteiger partial charge in [0.05, 0.1) is 0 Å². The highest BCUT2D eigenvalue weighted by Gasteiger charge is 2.51. The number of piperidine rings is 1. The van der Waals surface area contributed by atoms with E-state index in [-0.39, 0.29) is 46.3 Å². The molecule has 5 fully saturated rings. The quantitative estimate of drug-likeness (QED) is 0.483. The molecule has 0 radical (unpaired) electrons. The maximum absolute atomic E-state index is 12.8. The normalized spacial score (nSPS) is 32.0. The van der Waals surface area contributed by atoms with Crippen LogP contribution in [0.5, 0.6) is 0 Å². The number of hydrazine groups is 1. The standard InChI is InChI=1S/C23H31ClN4O4S/c24-21-19(2-1-5-25-21)33(31,32)28-6-3-18(4-7-28)22(30)27-26-20(29)14-23-11-15-8-16(12-23)10-17(9-15)13-23/h1-2,5,15-18H,3-4,6-14H2,(H,26,29)(H,27,30). The number of nitrogens with zero attached hydrogens (tertiary/aromatic N) is 2.